The number of hydrogen-bond acceptors (Lipinski definition) is 1. The predicted octanol–water partition coefficient (Wildman–Crippen LogP) is 1.06. The quantitative estimate of drug-likeness (QED) is 0.259. The molecule has 0 saturated carbocycles. The van der Waals surface area contributed by atoms with Crippen molar-refractivity contribution in [1.29, 1.82) is 5.41 Å². The van der Waals surface area contributed by atoms with Gasteiger partial charge in [0.15, 0.2) is 0 Å². The zero-order chi connectivity index (χ0) is 4.83. The van der Waals surface area contributed by atoms with E-state index in [1.54, 1.807) is 0 Å². The van der Waals surface area contributed by atoms with Gasteiger partial charge in [0.05, 0.1) is 0 Å². The largest absolute Gasteiger partial charge is 2.00 e. The summed E-state index contributed by atoms with van der Waals surface area (Å²) in [5.74, 6) is 0. The molecule has 0 aliphatic carbocycles. The first-order chi connectivity index (χ1) is 2.91. The molecule has 0 spiro atoms. The molecule has 0 aromatic carbocycles. The Hall–Kier alpha value is -0.227. The summed E-state index contributed by atoms with van der Waals surface area (Å²) in [7, 11) is 0. The van der Waals surface area contributed by atoms with Gasteiger partial charge in [-0.25, -0.2) is 18.2 Å². The van der Waals surface area contributed by atoms with Crippen LogP contribution in [0.3, 0.4) is 0 Å². The minimum absolute atomic E-state index is 0. The van der Waals surface area contributed by atoms with Crippen molar-refractivity contribution in [3.05, 3.63) is 24.8 Å². The van der Waals surface area contributed by atoms with E-state index >= 15 is 0 Å². The summed E-state index contributed by atoms with van der Waals surface area (Å²) in [6, 6.07) is 0. The van der Waals surface area contributed by atoms with Gasteiger partial charge in [-0.05, 0) is 0 Å². The van der Waals surface area contributed by atoms with Gasteiger partial charge in [0, 0.05) is 0 Å². The molecule has 0 aliphatic heterocycles. The maximum Gasteiger partial charge on any atom is 2.00 e. The molecule has 0 saturated heterocycles. The van der Waals surface area contributed by atoms with Crippen LogP contribution in [0.25, 0.3) is 0 Å². The number of hydrogen-bond donors (Lipinski definition) is 1. The van der Waals surface area contributed by atoms with E-state index in [1.807, 2.05) is 6.21 Å². The molecule has 0 amide bonds. The standard InChI is InChI=1S/C5H5N.Zn/c1-2-3-4-5-6;/h1-4,6H;/q-2;+2/b4-3-;. The van der Waals surface area contributed by atoms with Crippen LogP contribution in [-0.2, 0) is 19.5 Å². The Labute approximate surface area is 56.4 Å². The van der Waals surface area contributed by atoms with E-state index in [2.05, 4.69) is 0 Å². The smallest absolute Gasteiger partial charge is 0.412 e. The second-order valence-corrected chi connectivity index (χ2v) is 0.696. The van der Waals surface area contributed by atoms with Gasteiger partial charge in [-0.2, -0.15) is 6.21 Å². The average molecular weight is 144 g/mol. The molecule has 0 aromatic rings. The van der Waals surface area contributed by atoms with Crippen molar-refractivity contribution in [2.24, 2.45) is 0 Å². The fraction of sp³-hybridized carbons (Fsp3) is 0. The molecule has 0 aromatic heterocycles. The third-order valence-electron chi connectivity index (χ3n) is 0.291. The van der Waals surface area contributed by atoms with E-state index in [-0.39, 0.29) is 19.5 Å². The Kier molecular flexibility index (Phi) is 13.1. The van der Waals surface area contributed by atoms with Gasteiger partial charge in [0.2, 0.25) is 0 Å². The summed E-state index contributed by atoms with van der Waals surface area (Å²) in [5, 5.41) is 6.29. The van der Waals surface area contributed by atoms with Crippen LogP contribution in [-0.4, -0.2) is 6.21 Å². The second-order valence-electron chi connectivity index (χ2n) is 0.696. The molecule has 0 heterocycles. The molecule has 1 N–H and O–H groups in total. The molecule has 0 aliphatic rings. The zero-order valence-electron chi connectivity index (χ0n) is 4.02. The minimum Gasteiger partial charge on any atom is -0.412 e. The molecule has 1 nitrogen and oxygen atoms in total. The molecule has 0 rings (SSSR count). The molecular weight excluding hydrogens is 139 g/mol. The van der Waals surface area contributed by atoms with Crippen LogP contribution in [0.5, 0.6) is 0 Å². The number of rotatable bonds is 2. The summed E-state index contributed by atoms with van der Waals surface area (Å²) in [6.07, 6.45) is 6.33. The van der Waals surface area contributed by atoms with Crippen LogP contribution in [0.15, 0.2) is 18.2 Å². The molecule has 0 radical (unpaired) electrons. The van der Waals surface area contributed by atoms with E-state index in [4.69, 9.17) is 12.0 Å². The predicted molar refractivity (Wildman–Crippen MR) is 25.7 cm³/mol. The van der Waals surface area contributed by atoms with Crippen LogP contribution >= 0.6 is 0 Å². The third-order valence-corrected chi connectivity index (χ3v) is 0.291. The van der Waals surface area contributed by atoms with Crippen LogP contribution in [0.4, 0.5) is 0 Å². The first kappa shape index (κ1) is 9.91. The van der Waals surface area contributed by atoms with Gasteiger partial charge in [-0.3, -0.25) is 6.58 Å². The molecule has 7 heavy (non-hydrogen) atoms. The van der Waals surface area contributed by atoms with E-state index in [0.717, 1.165) is 0 Å². The maximum atomic E-state index is 6.29. The molecule has 0 fully saturated rings. The normalized spacial score (nSPS) is 7.43. The average Bonchev–Trinajstić information content (AvgIpc) is 1.61. The third kappa shape index (κ3) is 10.7. The second kappa shape index (κ2) is 9.24. The summed E-state index contributed by atoms with van der Waals surface area (Å²) >= 11 is 0. The van der Waals surface area contributed by atoms with E-state index in [9.17, 15) is 0 Å². The van der Waals surface area contributed by atoms with Crippen LogP contribution in [0, 0.1) is 12.0 Å². The molecule has 32 valence electrons. The summed E-state index contributed by atoms with van der Waals surface area (Å²) in [6.45, 7) is 4.88. The molecule has 0 atom stereocenters. The van der Waals surface area contributed by atoms with E-state index < -0.39 is 0 Å². The van der Waals surface area contributed by atoms with Gasteiger partial charge in [-0.1, -0.05) is 0 Å². The van der Waals surface area contributed by atoms with Crippen molar-refractivity contribution in [1.82, 2.24) is 0 Å². The van der Waals surface area contributed by atoms with Gasteiger partial charge < -0.3 is 5.41 Å². The molecule has 2 heteroatoms. The fourth-order valence-electron chi connectivity index (χ4n) is 0.104. The Balaban J connectivity index is 0. The maximum absolute atomic E-state index is 6.29. The van der Waals surface area contributed by atoms with Gasteiger partial charge in [0.1, 0.15) is 0 Å². The van der Waals surface area contributed by atoms with Crippen LogP contribution in [0.2, 0.25) is 0 Å². The van der Waals surface area contributed by atoms with E-state index in [1.165, 1.54) is 18.2 Å². The Morgan fingerprint density at radius 2 is 2.14 bits per heavy atom. The minimum atomic E-state index is 0. The molecule has 0 unspecified atom stereocenters. The summed E-state index contributed by atoms with van der Waals surface area (Å²) < 4.78 is 0. The zero-order valence-corrected chi connectivity index (χ0v) is 6.98. The number of allylic oxidation sites excluding steroid dienone is 3. The summed E-state index contributed by atoms with van der Waals surface area (Å²) in [5.41, 5.74) is 0. The van der Waals surface area contributed by atoms with Crippen LogP contribution in [0.1, 0.15) is 0 Å². The Morgan fingerprint density at radius 1 is 1.57 bits per heavy atom. The van der Waals surface area contributed by atoms with Crippen molar-refractivity contribution in [2.45, 2.75) is 0 Å². The van der Waals surface area contributed by atoms with Crippen LogP contribution < -0.4 is 0 Å². The van der Waals surface area contributed by atoms with Crippen molar-refractivity contribution in [2.75, 3.05) is 0 Å². The first-order valence-electron chi connectivity index (χ1n) is 1.54. The van der Waals surface area contributed by atoms with Crippen molar-refractivity contribution in [3.8, 4) is 0 Å². The SMILES string of the molecule is [CH-]=C/C=C\[C-]=N.[Zn+2]. The van der Waals surface area contributed by atoms with Crippen molar-refractivity contribution < 1.29 is 19.5 Å². The monoisotopic (exact) mass is 143 g/mol. The fourth-order valence-corrected chi connectivity index (χ4v) is 0.104. The number of nitrogens with one attached hydrogen (secondary N) is 1. The van der Waals surface area contributed by atoms with Gasteiger partial charge >= 0.3 is 19.5 Å². The van der Waals surface area contributed by atoms with E-state index in [0.29, 0.717) is 0 Å². The Morgan fingerprint density at radius 3 is 2.29 bits per heavy atom. The summed E-state index contributed by atoms with van der Waals surface area (Å²) in [4.78, 5) is 0. The van der Waals surface area contributed by atoms with Crippen molar-refractivity contribution in [3.63, 3.8) is 0 Å². The molecule has 0 bridgehead atoms. The van der Waals surface area contributed by atoms with Gasteiger partial charge in [0.25, 0.3) is 0 Å². The first-order valence-corrected chi connectivity index (χ1v) is 1.54. The Bertz CT molecular complexity index is 66.1. The van der Waals surface area contributed by atoms with Gasteiger partial charge in [-0.15, -0.1) is 0 Å². The molecular formula is C5H5NZn. The topological polar surface area (TPSA) is 23.9 Å². The van der Waals surface area contributed by atoms with Crippen molar-refractivity contribution >= 4 is 6.21 Å².